The van der Waals surface area contributed by atoms with Gasteiger partial charge in [0.1, 0.15) is 6.04 Å². The molecule has 2 rings (SSSR count). The highest BCUT2D eigenvalue weighted by Crippen LogP contribution is 2.28. The Bertz CT molecular complexity index is 644. The first kappa shape index (κ1) is 14.7. The van der Waals surface area contributed by atoms with Gasteiger partial charge in [-0.1, -0.05) is 47.5 Å². The van der Waals surface area contributed by atoms with Crippen molar-refractivity contribution in [2.24, 2.45) is 5.73 Å². The van der Waals surface area contributed by atoms with Crippen molar-refractivity contribution in [1.82, 2.24) is 0 Å². The molecule has 0 saturated heterocycles. The Kier molecular flexibility index (Phi) is 4.53. The van der Waals surface area contributed by atoms with Gasteiger partial charge >= 0.3 is 0 Å². The number of primary amides is 1. The van der Waals surface area contributed by atoms with Crippen molar-refractivity contribution in [3.05, 3.63) is 63.6 Å². The molecule has 5 heteroatoms. The molecule has 0 saturated carbocycles. The Balaban J connectivity index is 2.34. The van der Waals surface area contributed by atoms with Gasteiger partial charge in [0.25, 0.3) is 0 Å². The third-order valence-corrected chi connectivity index (χ3v) is 3.72. The summed E-state index contributed by atoms with van der Waals surface area (Å²) in [5.41, 5.74) is 7.76. The number of carbonyl (C=O) groups excluding carboxylic acids is 1. The first-order valence-electron chi connectivity index (χ1n) is 6.05. The predicted octanol–water partition coefficient (Wildman–Crippen LogP) is 3.94. The van der Waals surface area contributed by atoms with Crippen LogP contribution in [0.4, 0.5) is 5.69 Å². The van der Waals surface area contributed by atoms with E-state index in [1.54, 1.807) is 18.2 Å². The van der Waals surface area contributed by atoms with E-state index in [9.17, 15) is 4.79 Å². The smallest absolute Gasteiger partial charge is 0.244 e. The van der Waals surface area contributed by atoms with E-state index in [2.05, 4.69) is 5.32 Å². The monoisotopic (exact) mass is 308 g/mol. The van der Waals surface area contributed by atoms with Gasteiger partial charge < -0.3 is 11.1 Å². The molecule has 2 aromatic carbocycles. The molecule has 0 spiro atoms. The van der Waals surface area contributed by atoms with E-state index in [0.29, 0.717) is 21.3 Å². The summed E-state index contributed by atoms with van der Waals surface area (Å²) in [5.74, 6) is -0.496. The second-order valence-corrected chi connectivity index (χ2v) is 5.28. The number of carbonyl (C=O) groups is 1. The van der Waals surface area contributed by atoms with Crippen molar-refractivity contribution >= 4 is 34.8 Å². The van der Waals surface area contributed by atoms with Crippen molar-refractivity contribution in [3.8, 4) is 0 Å². The maximum absolute atomic E-state index is 11.7. The van der Waals surface area contributed by atoms with Crippen LogP contribution in [-0.4, -0.2) is 5.91 Å². The molecule has 0 aliphatic heterocycles. The minimum atomic E-state index is -0.687. The van der Waals surface area contributed by atoms with Gasteiger partial charge in [0.15, 0.2) is 0 Å². The van der Waals surface area contributed by atoms with Crippen LogP contribution in [0.2, 0.25) is 10.0 Å². The van der Waals surface area contributed by atoms with Crippen LogP contribution in [0.5, 0.6) is 0 Å². The average molecular weight is 309 g/mol. The van der Waals surface area contributed by atoms with E-state index in [0.717, 1.165) is 5.56 Å². The molecule has 0 aliphatic carbocycles. The van der Waals surface area contributed by atoms with Crippen LogP contribution < -0.4 is 11.1 Å². The summed E-state index contributed by atoms with van der Waals surface area (Å²) in [6, 6.07) is 11.9. The van der Waals surface area contributed by atoms with E-state index in [1.807, 2.05) is 31.2 Å². The van der Waals surface area contributed by atoms with Gasteiger partial charge in [-0.25, -0.2) is 0 Å². The summed E-state index contributed by atoms with van der Waals surface area (Å²) in [6.07, 6.45) is 0. The first-order chi connectivity index (χ1) is 9.49. The molecule has 1 amide bonds. The lowest BCUT2D eigenvalue weighted by atomic mass is 10.0. The van der Waals surface area contributed by atoms with Crippen LogP contribution in [0, 0.1) is 6.92 Å². The number of rotatable bonds is 4. The lowest BCUT2D eigenvalue weighted by Crippen LogP contribution is -2.27. The second kappa shape index (κ2) is 6.16. The fourth-order valence-electron chi connectivity index (χ4n) is 1.84. The molecule has 1 atom stereocenters. The molecule has 0 radical (unpaired) electrons. The SMILES string of the molecule is Cc1ccc(C(Nc2ccccc2Cl)C(N)=O)cc1Cl. The number of hydrogen-bond acceptors (Lipinski definition) is 2. The zero-order valence-corrected chi connectivity index (χ0v) is 12.4. The van der Waals surface area contributed by atoms with E-state index in [-0.39, 0.29) is 0 Å². The zero-order chi connectivity index (χ0) is 14.7. The minimum absolute atomic E-state index is 0.496. The van der Waals surface area contributed by atoms with Crippen LogP contribution in [0.15, 0.2) is 42.5 Å². The molecule has 20 heavy (non-hydrogen) atoms. The summed E-state index contributed by atoms with van der Waals surface area (Å²) in [4.78, 5) is 11.7. The number of para-hydroxylation sites is 1. The van der Waals surface area contributed by atoms with Gasteiger partial charge in [0, 0.05) is 5.02 Å². The van der Waals surface area contributed by atoms with Gasteiger partial charge in [0.05, 0.1) is 10.7 Å². The van der Waals surface area contributed by atoms with E-state index in [4.69, 9.17) is 28.9 Å². The van der Waals surface area contributed by atoms with Crippen molar-refractivity contribution in [2.75, 3.05) is 5.32 Å². The summed E-state index contributed by atoms with van der Waals surface area (Å²) < 4.78 is 0. The molecule has 0 bridgehead atoms. The quantitative estimate of drug-likeness (QED) is 0.899. The van der Waals surface area contributed by atoms with Gasteiger partial charge in [0.2, 0.25) is 5.91 Å². The molecule has 1 unspecified atom stereocenters. The van der Waals surface area contributed by atoms with Crippen LogP contribution in [0.3, 0.4) is 0 Å². The van der Waals surface area contributed by atoms with E-state index in [1.165, 1.54) is 0 Å². The number of hydrogen-bond donors (Lipinski definition) is 2. The Morgan fingerprint density at radius 1 is 1.15 bits per heavy atom. The molecule has 0 fully saturated rings. The average Bonchev–Trinajstić information content (AvgIpc) is 2.41. The van der Waals surface area contributed by atoms with E-state index < -0.39 is 11.9 Å². The zero-order valence-electron chi connectivity index (χ0n) is 10.9. The lowest BCUT2D eigenvalue weighted by molar-refractivity contribution is -0.118. The van der Waals surface area contributed by atoms with Crippen LogP contribution >= 0.6 is 23.2 Å². The third kappa shape index (κ3) is 3.24. The summed E-state index contributed by atoms with van der Waals surface area (Å²) >= 11 is 12.2. The van der Waals surface area contributed by atoms with Gasteiger partial charge in [-0.15, -0.1) is 0 Å². The predicted molar refractivity (Wildman–Crippen MR) is 83.2 cm³/mol. The van der Waals surface area contributed by atoms with Crippen molar-refractivity contribution in [3.63, 3.8) is 0 Å². The summed E-state index contributed by atoms with van der Waals surface area (Å²) in [5, 5.41) is 4.16. The van der Waals surface area contributed by atoms with Crippen LogP contribution in [0.25, 0.3) is 0 Å². The summed E-state index contributed by atoms with van der Waals surface area (Å²) in [6.45, 7) is 1.90. The maximum Gasteiger partial charge on any atom is 0.244 e. The highest BCUT2D eigenvalue weighted by Gasteiger charge is 2.19. The first-order valence-corrected chi connectivity index (χ1v) is 6.81. The van der Waals surface area contributed by atoms with Crippen molar-refractivity contribution in [2.45, 2.75) is 13.0 Å². The number of nitrogens with one attached hydrogen (secondary N) is 1. The molecule has 2 aromatic rings. The Morgan fingerprint density at radius 3 is 2.45 bits per heavy atom. The lowest BCUT2D eigenvalue weighted by Gasteiger charge is -2.18. The standard InChI is InChI=1S/C15H14Cl2N2O/c1-9-6-7-10(8-12(9)17)14(15(18)20)19-13-5-3-2-4-11(13)16/h2-8,14,19H,1H3,(H2,18,20). The molecular weight excluding hydrogens is 295 g/mol. The largest absolute Gasteiger partial charge is 0.369 e. The molecular formula is C15H14Cl2N2O. The third-order valence-electron chi connectivity index (χ3n) is 2.99. The Morgan fingerprint density at radius 2 is 1.85 bits per heavy atom. The summed E-state index contributed by atoms with van der Waals surface area (Å²) in [7, 11) is 0. The van der Waals surface area contributed by atoms with Gasteiger partial charge in [-0.3, -0.25) is 4.79 Å². The maximum atomic E-state index is 11.7. The Labute approximate surface area is 127 Å². The minimum Gasteiger partial charge on any atom is -0.369 e. The number of amides is 1. The molecule has 0 aliphatic rings. The van der Waals surface area contributed by atoms with Crippen molar-refractivity contribution in [1.29, 1.82) is 0 Å². The van der Waals surface area contributed by atoms with Crippen molar-refractivity contribution < 1.29 is 4.79 Å². The number of anilines is 1. The molecule has 3 N–H and O–H groups in total. The van der Waals surface area contributed by atoms with Gasteiger partial charge in [-0.2, -0.15) is 0 Å². The number of aryl methyl sites for hydroxylation is 1. The molecule has 3 nitrogen and oxygen atoms in total. The second-order valence-electron chi connectivity index (χ2n) is 4.47. The van der Waals surface area contributed by atoms with Crippen LogP contribution in [0.1, 0.15) is 17.2 Å². The van der Waals surface area contributed by atoms with E-state index >= 15 is 0 Å². The normalized spacial score (nSPS) is 11.9. The fraction of sp³-hybridized carbons (Fsp3) is 0.133. The number of benzene rings is 2. The topological polar surface area (TPSA) is 55.1 Å². The van der Waals surface area contributed by atoms with Crippen LogP contribution in [-0.2, 0) is 4.79 Å². The van der Waals surface area contributed by atoms with Gasteiger partial charge in [-0.05, 0) is 36.2 Å². The highest BCUT2D eigenvalue weighted by atomic mass is 35.5. The number of halogens is 2. The molecule has 0 aromatic heterocycles. The Hall–Kier alpha value is -1.71. The fourth-order valence-corrected chi connectivity index (χ4v) is 2.22. The highest BCUT2D eigenvalue weighted by molar-refractivity contribution is 6.33. The number of nitrogens with two attached hydrogens (primary N) is 1. The molecule has 0 heterocycles. The molecule has 104 valence electrons.